The summed E-state index contributed by atoms with van der Waals surface area (Å²) >= 11 is 13.4. The minimum Gasteiger partial charge on any atom is -0.325 e. The van der Waals surface area contributed by atoms with E-state index >= 15 is 0 Å². The number of benzene rings is 3. The fourth-order valence-electron chi connectivity index (χ4n) is 3.41. The van der Waals surface area contributed by atoms with E-state index in [0.29, 0.717) is 26.3 Å². The van der Waals surface area contributed by atoms with Gasteiger partial charge in [-0.2, -0.15) is 5.26 Å². The average Bonchev–Trinajstić information content (AvgIpc) is 2.83. The minimum absolute atomic E-state index is 0.111. The number of carbonyl (C=O) groups excluding carboxylic acids is 1. The van der Waals surface area contributed by atoms with Crippen molar-refractivity contribution >= 4 is 46.6 Å². The molecule has 34 heavy (non-hydrogen) atoms. The molecule has 7 heteroatoms. The van der Waals surface area contributed by atoms with Gasteiger partial charge in [0.25, 0.3) is 0 Å². The van der Waals surface area contributed by atoms with E-state index in [0.717, 1.165) is 27.9 Å². The van der Waals surface area contributed by atoms with E-state index in [-0.39, 0.29) is 11.7 Å². The first-order valence-corrected chi connectivity index (χ1v) is 12.1. The Bertz CT molecular complexity index is 1380. The lowest BCUT2D eigenvalue weighted by atomic mass is 9.99. The highest BCUT2D eigenvalue weighted by molar-refractivity contribution is 8.00. The van der Waals surface area contributed by atoms with Gasteiger partial charge in [-0.1, -0.05) is 71.4 Å². The molecule has 0 unspecified atom stereocenters. The highest BCUT2D eigenvalue weighted by atomic mass is 35.5. The molecule has 0 fully saturated rings. The summed E-state index contributed by atoms with van der Waals surface area (Å²) in [7, 11) is 0. The van der Waals surface area contributed by atoms with Crippen LogP contribution in [0, 0.1) is 18.3 Å². The molecule has 1 aromatic heterocycles. The Kier molecular flexibility index (Phi) is 7.54. The van der Waals surface area contributed by atoms with Crippen molar-refractivity contribution < 1.29 is 4.79 Å². The Morgan fingerprint density at radius 3 is 2.24 bits per heavy atom. The summed E-state index contributed by atoms with van der Waals surface area (Å²) in [6, 6.07) is 26.4. The smallest absolute Gasteiger partial charge is 0.234 e. The summed E-state index contributed by atoms with van der Waals surface area (Å²) in [5, 5.41) is 14.6. The van der Waals surface area contributed by atoms with Gasteiger partial charge in [-0.05, 0) is 60.5 Å². The largest absolute Gasteiger partial charge is 0.325 e. The highest BCUT2D eigenvalue weighted by Crippen LogP contribution is 2.35. The molecule has 3 aromatic carbocycles. The van der Waals surface area contributed by atoms with E-state index in [9.17, 15) is 10.1 Å². The molecule has 4 aromatic rings. The fourth-order valence-corrected chi connectivity index (χ4v) is 4.47. The van der Waals surface area contributed by atoms with Crippen molar-refractivity contribution in [3.05, 3.63) is 100 Å². The van der Waals surface area contributed by atoms with Crippen molar-refractivity contribution in [2.45, 2.75) is 11.9 Å². The molecule has 0 atom stereocenters. The number of aryl methyl sites for hydroxylation is 1. The van der Waals surface area contributed by atoms with Gasteiger partial charge in [-0.25, -0.2) is 4.98 Å². The van der Waals surface area contributed by atoms with Crippen LogP contribution < -0.4 is 5.32 Å². The molecule has 1 amide bonds. The van der Waals surface area contributed by atoms with E-state index in [1.807, 2.05) is 61.5 Å². The maximum absolute atomic E-state index is 12.6. The molecule has 0 spiro atoms. The van der Waals surface area contributed by atoms with Crippen LogP contribution in [0.2, 0.25) is 10.0 Å². The SMILES string of the molecule is Cc1cccc(NC(=O)CSc2nc(-c3ccc(Cl)cc3)cc(-c3ccc(Cl)cc3)c2C#N)c1. The first kappa shape index (κ1) is 23.8. The summed E-state index contributed by atoms with van der Waals surface area (Å²) in [4.78, 5) is 17.3. The molecular formula is C27H19Cl2N3OS. The molecule has 0 saturated carbocycles. The topological polar surface area (TPSA) is 65.8 Å². The Morgan fingerprint density at radius 2 is 1.62 bits per heavy atom. The zero-order valence-electron chi connectivity index (χ0n) is 18.2. The summed E-state index contributed by atoms with van der Waals surface area (Å²) in [5.74, 6) is -0.0639. The zero-order chi connectivity index (χ0) is 24.1. The van der Waals surface area contributed by atoms with Crippen LogP contribution in [-0.2, 0) is 4.79 Å². The van der Waals surface area contributed by atoms with Gasteiger partial charge in [0, 0.05) is 26.9 Å². The van der Waals surface area contributed by atoms with Crippen LogP contribution in [0.3, 0.4) is 0 Å². The molecule has 168 valence electrons. The van der Waals surface area contributed by atoms with E-state index in [1.54, 1.807) is 24.3 Å². The number of anilines is 1. The first-order valence-electron chi connectivity index (χ1n) is 10.4. The number of hydrogen-bond donors (Lipinski definition) is 1. The Labute approximate surface area is 212 Å². The number of halogens is 2. The van der Waals surface area contributed by atoms with Gasteiger partial charge in [-0.15, -0.1) is 0 Å². The molecule has 1 heterocycles. The van der Waals surface area contributed by atoms with Gasteiger partial charge in [0.2, 0.25) is 5.91 Å². The van der Waals surface area contributed by atoms with Gasteiger partial charge < -0.3 is 5.32 Å². The first-order chi connectivity index (χ1) is 16.4. The van der Waals surface area contributed by atoms with Crippen LogP contribution in [-0.4, -0.2) is 16.6 Å². The monoisotopic (exact) mass is 503 g/mol. The Balaban J connectivity index is 1.69. The number of hydrogen-bond acceptors (Lipinski definition) is 4. The number of thioether (sulfide) groups is 1. The standard InChI is InChI=1S/C27H19Cl2N3OS/c1-17-3-2-4-22(13-17)31-26(33)16-34-27-24(15-30)23(18-5-9-20(28)10-6-18)14-25(32-27)19-7-11-21(29)12-8-19/h2-14H,16H2,1H3,(H,31,33). The van der Waals surface area contributed by atoms with E-state index in [1.165, 1.54) is 11.8 Å². The molecule has 4 nitrogen and oxygen atoms in total. The van der Waals surface area contributed by atoms with Crippen LogP contribution >= 0.6 is 35.0 Å². The molecule has 0 saturated heterocycles. The quantitative estimate of drug-likeness (QED) is 0.274. The predicted octanol–water partition coefficient (Wildman–Crippen LogP) is 7.63. The molecule has 0 aliphatic heterocycles. The lowest BCUT2D eigenvalue weighted by Gasteiger charge is -2.13. The van der Waals surface area contributed by atoms with Gasteiger partial charge in [0.05, 0.1) is 17.0 Å². The van der Waals surface area contributed by atoms with Gasteiger partial charge in [0.1, 0.15) is 11.1 Å². The lowest BCUT2D eigenvalue weighted by Crippen LogP contribution is -2.14. The second-order valence-electron chi connectivity index (χ2n) is 7.57. The van der Waals surface area contributed by atoms with E-state index in [2.05, 4.69) is 11.4 Å². The van der Waals surface area contributed by atoms with Crippen LogP contribution in [0.15, 0.2) is 83.9 Å². The Hall–Kier alpha value is -3.30. The van der Waals surface area contributed by atoms with Crippen molar-refractivity contribution in [1.82, 2.24) is 4.98 Å². The van der Waals surface area contributed by atoms with Crippen molar-refractivity contribution in [1.29, 1.82) is 5.26 Å². The summed E-state index contributed by atoms with van der Waals surface area (Å²) in [6.07, 6.45) is 0. The molecule has 0 radical (unpaired) electrons. The Morgan fingerprint density at radius 1 is 0.971 bits per heavy atom. The number of aromatic nitrogens is 1. The van der Waals surface area contributed by atoms with Crippen molar-refractivity contribution in [3.8, 4) is 28.5 Å². The van der Waals surface area contributed by atoms with Crippen LogP contribution in [0.1, 0.15) is 11.1 Å². The van der Waals surface area contributed by atoms with Gasteiger partial charge >= 0.3 is 0 Å². The fraction of sp³-hybridized carbons (Fsp3) is 0.0741. The number of rotatable bonds is 6. The third-order valence-electron chi connectivity index (χ3n) is 5.04. The number of nitrogens with zero attached hydrogens (tertiary/aromatic N) is 2. The van der Waals surface area contributed by atoms with Crippen LogP contribution in [0.5, 0.6) is 0 Å². The van der Waals surface area contributed by atoms with Crippen molar-refractivity contribution in [2.24, 2.45) is 0 Å². The molecule has 4 rings (SSSR count). The average molecular weight is 504 g/mol. The highest BCUT2D eigenvalue weighted by Gasteiger charge is 2.17. The van der Waals surface area contributed by atoms with Gasteiger partial charge in [-0.3, -0.25) is 4.79 Å². The number of nitrogens with one attached hydrogen (secondary N) is 1. The normalized spacial score (nSPS) is 10.5. The molecule has 0 aliphatic carbocycles. The van der Waals surface area contributed by atoms with E-state index < -0.39 is 0 Å². The summed E-state index contributed by atoms with van der Waals surface area (Å²) in [6.45, 7) is 1.97. The predicted molar refractivity (Wildman–Crippen MR) is 140 cm³/mol. The lowest BCUT2D eigenvalue weighted by molar-refractivity contribution is -0.113. The third-order valence-corrected chi connectivity index (χ3v) is 6.51. The zero-order valence-corrected chi connectivity index (χ0v) is 20.5. The van der Waals surface area contributed by atoms with Gasteiger partial charge in [0.15, 0.2) is 0 Å². The number of amides is 1. The maximum atomic E-state index is 12.6. The number of carbonyl (C=O) groups is 1. The molecule has 1 N–H and O–H groups in total. The van der Waals surface area contributed by atoms with Crippen molar-refractivity contribution in [2.75, 3.05) is 11.1 Å². The minimum atomic E-state index is -0.175. The molecule has 0 bridgehead atoms. The van der Waals surface area contributed by atoms with Crippen LogP contribution in [0.4, 0.5) is 5.69 Å². The summed E-state index contributed by atoms with van der Waals surface area (Å²) < 4.78 is 0. The van der Waals surface area contributed by atoms with E-state index in [4.69, 9.17) is 28.2 Å². The second kappa shape index (κ2) is 10.8. The number of nitriles is 1. The molecule has 0 aliphatic rings. The number of pyridine rings is 1. The molecular weight excluding hydrogens is 485 g/mol. The maximum Gasteiger partial charge on any atom is 0.234 e. The second-order valence-corrected chi connectivity index (χ2v) is 9.40. The third kappa shape index (κ3) is 5.78. The van der Waals surface area contributed by atoms with Crippen molar-refractivity contribution in [3.63, 3.8) is 0 Å². The summed E-state index contributed by atoms with van der Waals surface area (Å²) in [5.41, 5.74) is 5.30. The van der Waals surface area contributed by atoms with Crippen LogP contribution in [0.25, 0.3) is 22.4 Å².